The summed E-state index contributed by atoms with van der Waals surface area (Å²) in [5.41, 5.74) is 2.50. The number of hydrogen-bond donors (Lipinski definition) is 3. The number of guanidine groups is 1. The van der Waals surface area contributed by atoms with Crippen molar-refractivity contribution >= 4 is 16.9 Å². The number of aromatic amines is 1. The second-order valence-corrected chi connectivity index (χ2v) is 6.70. The Morgan fingerprint density at radius 3 is 2.78 bits per heavy atom. The molecule has 7 nitrogen and oxygen atoms in total. The van der Waals surface area contributed by atoms with Gasteiger partial charge in [-0.25, -0.2) is 4.99 Å². The fraction of sp³-hybridized carbons (Fsp3) is 0.450. The molecule has 144 valence electrons. The normalized spacial score (nSPS) is 11.9. The van der Waals surface area contributed by atoms with E-state index in [9.17, 15) is 0 Å². The number of fused-ring (bicyclic) bond motifs is 1. The Morgan fingerprint density at radius 2 is 2.00 bits per heavy atom. The van der Waals surface area contributed by atoms with Gasteiger partial charge in [0.1, 0.15) is 12.4 Å². The summed E-state index contributed by atoms with van der Waals surface area (Å²) in [5, 5.41) is 16.4. The number of hydrogen-bond acceptors (Lipinski definition) is 3. The van der Waals surface area contributed by atoms with Crippen LogP contribution in [0.5, 0.6) is 0 Å². The minimum absolute atomic E-state index is 0.506. The number of unbranched alkanes of at least 4 members (excludes halogenated alkanes) is 1. The lowest BCUT2D eigenvalue weighted by Gasteiger charge is -2.12. The molecule has 3 rings (SSSR count). The van der Waals surface area contributed by atoms with Crippen molar-refractivity contribution in [3.05, 3.63) is 47.7 Å². The molecule has 27 heavy (non-hydrogen) atoms. The van der Waals surface area contributed by atoms with Crippen molar-refractivity contribution in [1.29, 1.82) is 0 Å². The van der Waals surface area contributed by atoms with E-state index in [-0.39, 0.29) is 0 Å². The number of aromatic nitrogens is 4. The minimum atomic E-state index is 0.506. The SMILES string of the molecule is CCCCNC(=NCc1nnc(C)n1C)NCCc1c[nH]c2ccccc12. The lowest BCUT2D eigenvalue weighted by atomic mass is 10.1. The zero-order valence-corrected chi connectivity index (χ0v) is 16.4. The molecule has 7 heteroatoms. The molecule has 0 fully saturated rings. The lowest BCUT2D eigenvalue weighted by molar-refractivity contribution is 0.714. The first-order valence-electron chi connectivity index (χ1n) is 9.61. The van der Waals surface area contributed by atoms with E-state index < -0.39 is 0 Å². The van der Waals surface area contributed by atoms with Crippen LogP contribution in [0.3, 0.4) is 0 Å². The second-order valence-electron chi connectivity index (χ2n) is 6.70. The van der Waals surface area contributed by atoms with Gasteiger partial charge >= 0.3 is 0 Å². The maximum atomic E-state index is 4.68. The van der Waals surface area contributed by atoms with Crippen molar-refractivity contribution in [3.63, 3.8) is 0 Å². The highest BCUT2D eigenvalue weighted by molar-refractivity contribution is 5.83. The first-order valence-corrected chi connectivity index (χ1v) is 9.61. The van der Waals surface area contributed by atoms with Gasteiger partial charge in [-0.15, -0.1) is 10.2 Å². The summed E-state index contributed by atoms with van der Waals surface area (Å²) in [5.74, 6) is 2.58. The van der Waals surface area contributed by atoms with Gasteiger partial charge in [0.05, 0.1) is 0 Å². The van der Waals surface area contributed by atoms with Gasteiger partial charge in [0.25, 0.3) is 0 Å². The number of aryl methyl sites for hydroxylation is 1. The molecule has 0 aliphatic carbocycles. The van der Waals surface area contributed by atoms with E-state index in [1.54, 1.807) is 0 Å². The summed E-state index contributed by atoms with van der Waals surface area (Å²) < 4.78 is 1.97. The number of nitrogens with zero attached hydrogens (tertiary/aromatic N) is 4. The standard InChI is InChI=1S/C20H29N7/c1-4-5-11-21-20(24-14-19-26-25-15(2)27(19)3)22-12-10-16-13-23-18-9-7-6-8-17(16)18/h6-9,13,23H,4-5,10-12,14H2,1-3H3,(H2,21,22,24). The molecule has 3 aromatic rings. The fourth-order valence-corrected chi connectivity index (χ4v) is 2.95. The third-order valence-electron chi connectivity index (χ3n) is 4.75. The lowest BCUT2D eigenvalue weighted by Crippen LogP contribution is -2.39. The topological polar surface area (TPSA) is 82.9 Å². The summed E-state index contributed by atoms with van der Waals surface area (Å²) in [6, 6.07) is 8.40. The summed E-state index contributed by atoms with van der Waals surface area (Å²) in [7, 11) is 1.97. The average molecular weight is 368 g/mol. The average Bonchev–Trinajstić information content (AvgIpc) is 3.24. The van der Waals surface area contributed by atoms with Crippen LogP contribution in [0.4, 0.5) is 0 Å². The van der Waals surface area contributed by atoms with E-state index in [0.717, 1.165) is 50.0 Å². The molecule has 0 saturated heterocycles. The Bertz CT molecular complexity index is 891. The third kappa shape index (κ3) is 4.87. The summed E-state index contributed by atoms with van der Waals surface area (Å²) >= 11 is 0. The summed E-state index contributed by atoms with van der Waals surface area (Å²) in [4.78, 5) is 8.02. The zero-order valence-electron chi connectivity index (χ0n) is 16.4. The molecule has 0 aliphatic rings. The third-order valence-corrected chi connectivity index (χ3v) is 4.75. The maximum Gasteiger partial charge on any atom is 0.191 e. The van der Waals surface area contributed by atoms with E-state index in [2.05, 4.69) is 68.2 Å². The van der Waals surface area contributed by atoms with Crippen LogP contribution in [0.25, 0.3) is 10.9 Å². The van der Waals surface area contributed by atoms with Crippen molar-refractivity contribution in [2.24, 2.45) is 12.0 Å². The number of H-pyrrole nitrogens is 1. The van der Waals surface area contributed by atoms with Gasteiger partial charge in [-0.05, 0) is 31.4 Å². The van der Waals surface area contributed by atoms with Gasteiger partial charge in [-0.3, -0.25) is 0 Å². The molecular formula is C20H29N7. The Labute approximate surface area is 160 Å². The molecule has 2 aromatic heterocycles. The van der Waals surface area contributed by atoms with E-state index >= 15 is 0 Å². The van der Waals surface area contributed by atoms with E-state index in [1.165, 1.54) is 16.5 Å². The van der Waals surface area contributed by atoms with Crippen LogP contribution in [0, 0.1) is 6.92 Å². The fourth-order valence-electron chi connectivity index (χ4n) is 2.95. The number of aliphatic imine (C=N–C) groups is 1. The summed E-state index contributed by atoms with van der Waals surface area (Å²) in [6.45, 7) is 6.36. The zero-order chi connectivity index (χ0) is 19.1. The van der Waals surface area contributed by atoms with Crippen LogP contribution in [0.2, 0.25) is 0 Å². The van der Waals surface area contributed by atoms with Crippen LogP contribution < -0.4 is 10.6 Å². The molecule has 0 saturated carbocycles. The smallest absolute Gasteiger partial charge is 0.191 e. The van der Waals surface area contributed by atoms with Crippen molar-refractivity contribution in [2.75, 3.05) is 13.1 Å². The van der Waals surface area contributed by atoms with Crippen LogP contribution in [0.15, 0.2) is 35.5 Å². The maximum absolute atomic E-state index is 4.68. The van der Waals surface area contributed by atoms with E-state index in [1.807, 2.05) is 18.5 Å². The minimum Gasteiger partial charge on any atom is -0.361 e. The van der Waals surface area contributed by atoms with Crippen LogP contribution in [-0.4, -0.2) is 38.8 Å². The number of rotatable bonds is 8. The van der Waals surface area contributed by atoms with E-state index in [4.69, 9.17) is 0 Å². The Morgan fingerprint density at radius 1 is 1.19 bits per heavy atom. The van der Waals surface area contributed by atoms with Crippen molar-refractivity contribution in [3.8, 4) is 0 Å². The Kier molecular flexibility index (Phi) is 6.46. The number of benzene rings is 1. The highest BCUT2D eigenvalue weighted by Crippen LogP contribution is 2.17. The van der Waals surface area contributed by atoms with Gasteiger partial charge in [0.2, 0.25) is 0 Å². The second kappa shape index (κ2) is 9.21. The van der Waals surface area contributed by atoms with Crippen LogP contribution in [0.1, 0.15) is 37.0 Å². The van der Waals surface area contributed by atoms with E-state index in [0.29, 0.717) is 6.54 Å². The predicted octanol–water partition coefficient (Wildman–Crippen LogP) is 2.68. The van der Waals surface area contributed by atoms with Crippen LogP contribution >= 0.6 is 0 Å². The quantitative estimate of drug-likeness (QED) is 0.325. The molecule has 0 amide bonds. The largest absolute Gasteiger partial charge is 0.361 e. The first-order chi connectivity index (χ1) is 13.2. The molecular weight excluding hydrogens is 338 g/mol. The molecule has 2 heterocycles. The molecule has 0 unspecified atom stereocenters. The predicted molar refractivity (Wildman–Crippen MR) is 110 cm³/mol. The molecule has 1 aromatic carbocycles. The Hall–Kier alpha value is -2.83. The van der Waals surface area contributed by atoms with Gasteiger partial charge < -0.3 is 20.2 Å². The molecule has 0 aliphatic heterocycles. The molecule has 3 N–H and O–H groups in total. The molecule has 0 bridgehead atoms. The number of nitrogens with one attached hydrogen (secondary N) is 3. The van der Waals surface area contributed by atoms with Crippen molar-refractivity contribution < 1.29 is 0 Å². The summed E-state index contributed by atoms with van der Waals surface area (Å²) in [6.07, 6.45) is 5.29. The van der Waals surface area contributed by atoms with Crippen molar-refractivity contribution in [2.45, 2.75) is 39.7 Å². The monoisotopic (exact) mass is 367 g/mol. The molecule has 0 radical (unpaired) electrons. The van der Waals surface area contributed by atoms with Gasteiger partial charge in [-0.2, -0.15) is 0 Å². The number of para-hydroxylation sites is 1. The molecule has 0 atom stereocenters. The first kappa shape index (κ1) is 18.9. The highest BCUT2D eigenvalue weighted by atomic mass is 15.3. The highest BCUT2D eigenvalue weighted by Gasteiger charge is 2.06. The van der Waals surface area contributed by atoms with Gasteiger partial charge in [0.15, 0.2) is 11.8 Å². The Balaban J connectivity index is 1.60. The molecule has 0 spiro atoms. The van der Waals surface area contributed by atoms with Crippen molar-refractivity contribution in [1.82, 2.24) is 30.4 Å². The van der Waals surface area contributed by atoms with Gasteiger partial charge in [-0.1, -0.05) is 31.5 Å². The van der Waals surface area contributed by atoms with Gasteiger partial charge in [0, 0.05) is 37.2 Å². The van der Waals surface area contributed by atoms with Crippen LogP contribution in [-0.2, 0) is 20.0 Å².